The maximum absolute atomic E-state index is 10.7. The van der Waals surface area contributed by atoms with Crippen molar-refractivity contribution in [2.45, 2.75) is 12.7 Å². The molecule has 3 aromatic carbocycles. The van der Waals surface area contributed by atoms with E-state index in [2.05, 4.69) is 4.98 Å². The summed E-state index contributed by atoms with van der Waals surface area (Å²) in [6.45, 7) is 0.483. The number of carboxylic acids is 1. The number of fused-ring (bicyclic) bond motifs is 1. The number of rotatable bonds is 5. The van der Waals surface area contributed by atoms with Crippen LogP contribution in [0.25, 0.3) is 44.4 Å². The van der Waals surface area contributed by atoms with Gasteiger partial charge in [0.15, 0.2) is 0 Å². The first-order chi connectivity index (χ1) is 19.1. The number of aromatic nitrogens is 2. The van der Waals surface area contributed by atoms with Gasteiger partial charge in [0.05, 0.1) is 23.7 Å². The van der Waals surface area contributed by atoms with Crippen LogP contribution in [-0.4, -0.2) is 39.4 Å². The molecule has 7 nitrogen and oxygen atoms in total. The molecule has 2 aromatic heterocycles. The van der Waals surface area contributed by atoms with Crippen LogP contribution in [0.1, 0.15) is 5.56 Å². The molecule has 10 heteroatoms. The summed E-state index contributed by atoms with van der Waals surface area (Å²) in [6.07, 6.45) is -3.43. The van der Waals surface area contributed by atoms with Gasteiger partial charge in [-0.2, -0.15) is 13.2 Å². The molecule has 0 fully saturated rings. The van der Waals surface area contributed by atoms with E-state index in [1.165, 1.54) is 0 Å². The van der Waals surface area contributed by atoms with Crippen molar-refractivity contribution in [3.05, 3.63) is 96.7 Å². The van der Waals surface area contributed by atoms with Gasteiger partial charge in [0.2, 0.25) is 5.88 Å². The second-order valence-corrected chi connectivity index (χ2v) is 8.58. The Balaban J connectivity index is 0.000000470. The molecule has 40 heavy (non-hydrogen) atoms. The number of pyridine rings is 2. The number of carboxylic acid groups (broad SMARTS) is 1. The summed E-state index contributed by atoms with van der Waals surface area (Å²) in [5, 5.41) is 18.4. The second kappa shape index (κ2) is 11.8. The van der Waals surface area contributed by atoms with Crippen molar-refractivity contribution in [3.63, 3.8) is 0 Å². The lowest BCUT2D eigenvalue weighted by molar-refractivity contribution is -0.192. The summed E-state index contributed by atoms with van der Waals surface area (Å²) in [5.74, 6) is -2.06. The maximum Gasteiger partial charge on any atom is 0.490 e. The molecule has 0 bridgehead atoms. The lowest BCUT2D eigenvalue weighted by atomic mass is 9.95. The first kappa shape index (κ1) is 28.1. The number of carbonyl (C=O) groups is 1. The van der Waals surface area contributed by atoms with Crippen LogP contribution in [-0.2, 0) is 11.3 Å². The summed E-state index contributed by atoms with van der Waals surface area (Å²) in [5.41, 5.74) is 13.0. The van der Waals surface area contributed by atoms with Crippen molar-refractivity contribution in [1.82, 2.24) is 9.97 Å². The van der Waals surface area contributed by atoms with Crippen molar-refractivity contribution in [2.75, 3.05) is 7.11 Å². The van der Waals surface area contributed by atoms with Crippen LogP contribution in [0.5, 0.6) is 11.6 Å². The molecule has 0 saturated carbocycles. The highest BCUT2D eigenvalue weighted by molar-refractivity contribution is 6.01. The Morgan fingerprint density at radius 1 is 0.900 bits per heavy atom. The van der Waals surface area contributed by atoms with E-state index in [0.717, 1.165) is 44.8 Å². The van der Waals surface area contributed by atoms with Gasteiger partial charge in [0.1, 0.15) is 5.75 Å². The van der Waals surface area contributed by atoms with Crippen molar-refractivity contribution in [2.24, 2.45) is 5.73 Å². The molecule has 0 radical (unpaired) electrons. The van der Waals surface area contributed by atoms with E-state index in [1.54, 1.807) is 13.3 Å². The molecule has 0 unspecified atom stereocenters. The molecule has 0 spiro atoms. The fourth-order valence-electron chi connectivity index (χ4n) is 4.00. The van der Waals surface area contributed by atoms with Gasteiger partial charge in [-0.15, -0.1) is 0 Å². The Morgan fingerprint density at radius 3 is 2.15 bits per heavy atom. The minimum Gasteiger partial charge on any atom is -0.497 e. The van der Waals surface area contributed by atoms with E-state index >= 15 is 0 Å². The minimum absolute atomic E-state index is 0.0497. The van der Waals surface area contributed by atoms with Crippen LogP contribution >= 0.6 is 0 Å². The van der Waals surface area contributed by atoms with E-state index in [-0.39, 0.29) is 5.88 Å². The molecule has 5 aromatic rings. The second-order valence-electron chi connectivity index (χ2n) is 8.58. The van der Waals surface area contributed by atoms with Gasteiger partial charge in [0.25, 0.3) is 0 Å². The molecule has 5 rings (SSSR count). The Labute approximate surface area is 227 Å². The molecule has 4 N–H and O–H groups in total. The number of ether oxygens (including phenoxy) is 1. The first-order valence-corrected chi connectivity index (χ1v) is 11.9. The number of nitrogens with zero attached hydrogens (tertiary/aromatic N) is 2. The molecule has 0 saturated heterocycles. The standard InChI is InChI=1S/C28H23N3O2.C2HF3O2/c1-33-22-9-5-8-21(14-22)25-17-30-28(32)24-15-23(19-6-3-2-4-7-19)26(31-27(24)25)20-12-10-18(16-29)11-13-20;3-2(4,5)1(6)7/h2-15,17H,16,29H2,1H3,(H,30,32);(H,6,7). The Bertz CT molecular complexity index is 1640. The zero-order valence-corrected chi connectivity index (χ0v) is 21.2. The number of aliphatic carboxylic acids is 1. The number of halogens is 3. The molecule has 204 valence electrons. The smallest absolute Gasteiger partial charge is 0.490 e. The number of nitrogens with two attached hydrogens (primary N) is 1. The third-order valence-electron chi connectivity index (χ3n) is 6.01. The summed E-state index contributed by atoms with van der Waals surface area (Å²) in [6, 6.07) is 27.9. The van der Waals surface area contributed by atoms with Gasteiger partial charge in [0, 0.05) is 29.4 Å². The van der Waals surface area contributed by atoms with Crippen LogP contribution in [0.2, 0.25) is 0 Å². The van der Waals surface area contributed by atoms with Crippen LogP contribution in [0.4, 0.5) is 13.2 Å². The number of aromatic hydroxyl groups is 1. The highest BCUT2D eigenvalue weighted by Gasteiger charge is 2.38. The SMILES string of the molecule is COc1cccc(-c2cnc(O)c3cc(-c4ccccc4)c(-c4ccc(CN)cc4)nc23)c1.O=C(O)C(F)(F)F. The summed E-state index contributed by atoms with van der Waals surface area (Å²) >= 11 is 0. The predicted molar refractivity (Wildman–Crippen MR) is 146 cm³/mol. The monoisotopic (exact) mass is 547 g/mol. The van der Waals surface area contributed by atoms with Crippen molar-refractivity contribution in [3.8, 4) is 45.1 Å². The highest BCUT2D eigenvalue weighted by Crippen LogP contribution is 2.39. The van der Waals surface area contributed by atoms with Gasteiger partial charge in [-0.25, -0.2) is 14.8 Å². The average molecular weight is 548 g/mol. The van der Waals surface area contributed by atoms with Crippen LogP contribution in [0.3, 0.4) is 0 Å². The topological polar surface area (TPSA) is 119 Å². The van der Waals surface area contributed by atoms with Gasteiger partial charge in [-0.3, -0.25) is 0 Å². The van der Waals surface area contributed by atoms with E-state index in [1.807, 2.05) is 84.9 Å². The summed E-state index contributed by atoms with van der Waals surface area (Å²) in [7, 11) is 1.64. The van der Waals surface area contributed by atoms with Crippen LogP contribution < -0.4 is 10.5 Å². The number of hydrogen-bond donors (Lipinski definition) is 3. The van der Waals surface area contributed by atoms with Crippen molar-refractivity contribution >= 4 is 16.9 Å². The Hall–Kier alpha value is -4.96. The zero-order valence-electron chi connectivity index (χ0n) is 21.2. The summed E-state index contributed by atoms with van der Waals surface area (Å²) < 4.78 is 37.1. The quantitative estimate of drug-likeness (QED) is 0.232. The summed E-state index contributed by atoms with van der Waals surface area (Å²) in [4.78, 5) is 18.3. The van der Waals surface area contributed by atoms with E-state index < -0.39 is 12.1 Å². The molecule has 0 aliphatic carbocycles. The maximum atomic E-state index is 10.7. The van der Waals surface area contributed by atoms with Crippen LogP contribution in [0.15, 0.2) is 91.1 Å². The van der Waals surface area contributed by atoms with E-state index in [9.17, 15) is 18.3 Å². The number of benzene rings is 3. The molecular formula is C30H24F3N3O4. The molecule has 2 heterocycles. The Morgan fingerprint density at radius 2 is 1.55 bits per heavy atom. The van der Waals surface area contributed by atoms with Crippen molar-refractivity contribution < 1.29 is 32.9 Å². The number of hydrogen-bond acceptors (Lipinski definition) is 6. The molecule has 0 aliphatic rings. The first-order valence-electron chi connectivity index (χ1n) is 11.9. The zero-order chi connectivity index (χ0) is 28.9. The normalized spacial score (nSPS) is 11.0. The van der Waals surface area contributed by atoms with Gasteiger partial charge < -0.3 is 20.7 Å². The van der Waals surface area contributed by atoms with E-state index in [0.29, 0.717) is 17.4 Å². The Kier molecular flexibility index (Phi) is 8.30. The van der Waals surface area contributed by atoms with Gasteiger partial charge in [-0.1, -0.05) is 66.7 Å². The lowest BCUT2D eigenvalue weighted by Gasteiger charge is -2.15. The fraction of sp³-hybridized carbons (Fsp3) is 0.100. The largest absolute Gasteiger partial charge is 0.497 e. The molecular weight excluding hydrogens is 523 g/mol. The highest BCUT2D eigenvalue weighted by atomic mass is 19.4. The van der Waals surface area contributed by atoms with Crippen molar-refractivity contribution in [1.29, 1.82) is 0 Å². The molecule has 0 amide bonds. The minimum atomic E-state index is -5.08. The number of alkyl halides is 3. The van der Waals surface area contributed by atoms with Gasteiger partial charge >= 0.3 is 12.1 Å². The van der Waals surface area contributed by atoms with Gasteiger partial charge in [-0.05, 0) is 34.9 Å². The van der Waals surface area contributed by atoms with E-state index in [4.69, 9.17) is 25.4 Å². The van der Waals surface area contributed by atoms with Crippen LogP contribution in [0, 0.1) is 0 Å². The molecule has 0 atom stereocenters. The predicted octanol–water partition coefficient (Wildman–Crippen LogP) is 6.44. The number of methoxy groups -OCH3 is 1. The third-order valence-corrected chi connectivity index (χ3v) is 6.01. The average Bonchev–Trinajstić information content (AvgIpc) is 2.97. The molecule has 0 aliphatic heterocycles. The lowest BCUT2D eigenvalue weighted by Crippen LogP contribution is -2.21. The third kappa shape index (κ3) is 6.19. The fourth-order valence-corrected chi connectivity index (χ4v) is 4.00.